The largest absolute Gasteiger partial charge is 0.503 e. The van der Waals surface area contributed by atoms with Crippen LogP contribution in [0.2, 0.25) is 0 Å². The van der Waals surface area contributed by atoms with E-state index in [1.165, 1.54) is 0 Å². The summed E-state index contributed by atoms with van der Waals surface area (Å²) in [6.45, 7) is 9.50. The van der Waals surface area contributed by atoms with Crippen molar-refractivity contribution >= 4 is 18.0 Å². The van der Waals surface area contributed by atoms with Crippen molar-refractivity contribution in [1.82, 2.24) is 5.43 Å². The van der Waals surface area contributed by atoms with E-state index in [9.17, 15) is 31.5 Å². The van der Waals surface area contributed by atoms with E-state index in [4.69, 9.17) is 15.7 Å². The van der Waals surface area contributed by atoms with E-state index >= 15 is 0 Å². The van der Waals surface area contributed by atoms with Crippen molar-refractivity contribution in [2.45, 2.75) is 53.1 Å². The van der Waals surface area contributed by atoms with Gasteiger partial charge < -0.3 is 9.84 Å². The molecule has 1 amide bonds. The number of carbonyl (C=O) groups excluding carboxylic acids is 2. The Morgan fingerprint density at radius 3 is 1.89 bits per heavy atom. The number of hydrogen-bond acceptors (Lipinski definition) is 5. The number of benzene rings is 2. The van der Waals surface area contributed by atoms with Crippen molar-refractivity contribution in [2.75, 3.05) is 0 Å². The SMILES string of the molecule is CC(C)CC(C(=O)NN)[C@@H](C/C=C\c1ccccc1)C(=O)OC(C)(C)C.Oc1c(F)c(F)c(F)c(F)c1F. The summed E-state index contributed by atoms with van der Waals surface area (Å²) in [7, 11) is 0. The fourth-order valence-electron chi connectivity index (χ4n) is 3.38. The van der Waals surface area contributed by atoms with Gasteiger partial charge in [0.25, 0.3) is 0 Å². The highest BCUT2D eigenvalue weighted by molar-refractivity contribution is 5.85. The number of phenols is 1. The van der Waals surface area contributed by atoms with E-state index < -0.39 is 52.3 Å². The van der Waals surface area contributed by atoms with Crippen molar-refractivity contribution in [3.63, 3.8) is 0 Å². The molecule has 0 aliphatic carbocycles. The second-order valence-corrected chi connectivity index (χ2v) is 9.85. The molecular formula is C27H33F5N2O4. The normalized spacial score (nSPS) is 13.1. The third kappa shape index (κ3) is 9.77. The number of nitrogens with one attached hydrogen (secondary N) is 1. The second-order valence-electron chi connectivity index (χ2n) is 9.85. The summed E-state index contributed by atoms with van der Waals surface area (Å²) in [5.41, 5.74) is 2.64. The van der Waals surface area contributed by atoms with E-state index in [0.717, 1.165) is 5.56 Å². The Morgan fingerprint density at radius 1 is 0.947 bits per heavy atom. The van der Waals surface area contributed by atoms with E-state index in [1.807, 2.05) is 77.1 Å². The van der Waals surface area contributed by atoms with Crippen molar-refractivity contribution in [3.05, 3.63) is 71.1 Å². The molecule has 0 heterocycles. The first-order valence-corrected chi connectivity index (χ1v) is 11.8. The zero-order chi connectivity index (χ0) is 29.2. The fourth-order valence-corrected chi connectivity index (χ4v) is 3.38. The van der Waals surface area contributed by atoms with E-state index in [1.54, 1.807) is 0 Å². The number of esters is 1. The molecule has 0 saturated carbocycles. The molecule has 2 aromatic carbocycles. The van der Waals surface area contributed by atoms with Gasteiger partial charge in [0.2, 0.25) is 35.0 Å². The maximum atomic E-state index is 12.8. The lowest BCUT2D eigenvalue weighted by Gasteiger charge is -2.28. The number of aromatic hydroxyl groups is 1. The Morgan fingerprint density at radius 2 is 1.45 bits per heavy atom. The van der Waals surface area contributed by atoms with Crippen LogP contribution in [0.4, 0.5) is 22.0 Å². The van der Waals surface area contributed by atoms with E-state index in [0.29, 0.717) is 12.8 Å². The van der Waals surface area contributed by atoms with Crippen LogP contribution in [0.25, 0.3) is 6.08 Å². The lowest BCUT2D eigenvalue weighted by molar-refractivity contribution is -0.164. The van der Waals surface area contributed by atoms with Gasteiger partial charge in [-0.25, -0.2) is 19.0 Å². The number of allylic oxidation sites excluding steroid dienone is 1. The maximum absolute atomic E-state index is 12.8. The number of ether oxygens (including phenoxy) is 1. The van der Waals surface area contributed by atoms with Gasteiger partial charge in [-0.2, -0.15) is 8.78 Å². The Bertz CT molecular complexity index is 1010. The van der Waals surface area contributed by atoms with Gasteiger partial charge >= 0.3 is 5.97 Å². The third-order valence-corrected chi connectivity index (χ3v) is 5.09. The van der Waals surface area contributed by atoms with Gasteiger partial charge in [-0.15, -0.1) is 0 Å². The smallest absolute Gasteiger partial charge is 0.310 e. The summed E-state index contributed by atoms with van der Waals surface area (Å²) >= 11 is 0. The Balaban J connectivity index is 0.000000499. The van der Waals surface area contributed by atoms with Crippen LogP contribution in [0.1, 0.15) is 53.0 Å². The third-order valence-electron chi connectivity index (χ3n) is 5.09. The van der Waals surface area contributed by atoms with Crippen LogP contribution in [0.3, 0.4) is 0 Å². The minimum atomic E-state index is -2.29. The van der Waals surface area contributed by atoms with Gasteiger partial charge in [0, 0.05) is 0 Å². The second kappa shape index (κ2) is 14.5. The van der Waals surface area contributed by atoms with Gasteiger partial charge in [-0.05, 0) is 45.1 Å². The molecule has 6 nitrogen and oxygen atoms in total. The molecule has 4 N–H and O–H groups in total. The zero-order valence-corrected chi connectivity index (χ0v) is 21.8. The molecule has 38 heavy (non-hydrogen) atoms. The number of nitrogens with two attached hydrogens (primary N) is 1. The average Bonchev–Trinajstić information content (AvgIpc) is 2.86. The van der Waals surface area contributed by atoms with Crippen molar-refractivity contribution in [3.8, 4) is 5.75 Å². The summed E-state index contributed by atoms with van der Waals surface area (Å²) in [4.78, 5) is 25.1. The standard InChI is InChI=1S/C21H32N2O3.C6HF5O/c1-15(2)14-18(19(24)23-22)17(20(25)26-21(3,4)5)13-9-12-16-10-7-6-8-11-16;7-1-2(8)4(10)6(12)5(11)3(1)9/h6-12,15,17-18H,13-14,22H2,1-5H3,(H,23,24);12H/b12-9-;/t17-,18?;/m1./s1. The number of halogens is 5. The monoisotopic (exact) mass is 544 g/mol. The number of amides is 1. The summed E-state index contributed by atoms with van der Waals surface area (Å²) in [6.07, 6.45) is 4.84. The molecule has 11 heteroatoms. The lowest BCUT2D eigenvalue weighted by atomic mass is 9.82. The maximum Gasteiger partial charge on any atom is 0.310 e. The summed E-state index contributed by atoms with van der Waals surface area (Å²) < 4.78 is 66.2. The van der Waals surface area contributed by atoms with Crippen molar-refractivity contribution in [1.29, 1.82) is 0 Å². The van der Waals surface area contributed by atoms with Gasteiger partial charge in [0.05, 0.1) is 11.8 Å². The van der Waals surface area contributed by atoms with Gasteiger partial charge in [-0.3, -0.25) is 15.0 Å². The molecule has 1 unspecified atom stereocenters. The number of phenolic OH excluding ortho intramolecular Hbond substituents is 1. The first kappa shape index (κ1) is 32.6. The molecule has 0 saturated heterocycles. The predicted molar refractivity (Wildman–Crippen MR) is 133 cm³/mol. The minimum absolute atomic E-state index is 0.250. The van der Waals surface area contributed by atoms with E-state index in [2.05, 4.69) is 5.43 Å². The van der Waals surface area contributed by atoms with Gasteiger partial charge in [-0.1, -0.05) is 56.3 Å². The molecule has 0 radical (unpaired) electrons. The highest BCUT2D eigenvalue weighted by Crippen LogP contribution is 2.28. The first-order valence-electron chi connectivity index (χ1n) is 11.8. The van der Waals surface area contributed by atoms with Crippen LogP contribution in [0.15, 0.2) is 36.4 Å². The highest BCUT2D eigenvalue weighted by Gasteiger charge is 2.36. The van der Waals surface area contributed by atoms with Crippen LogP contribution in [0.5, 0.6) is 5.75 Å². The first-order chi connectivity index (χ1) is 17.6. The van der Waals surface area contributed by atoms with Crippen molar-refractivity contribution < 1.29 is 41.4 Å². The number of hydrazine groups is 1. The van der Waals surface area contributed by atoms with Crippen molar-refractivity contribution in [2.24, 2.45) is 23.6 Å². The average molecular weight is 545 g/mol. The van der Waals surface area contributed by atoms with Gasteiger partial charge in [0.1, 0.15) is 5.60 Å². The van der Waals surface area contributed by atoms with Crippen LogP contribution in [-0.2, 0) is 14.3 Å². The molecule has 2 rings (SSSR count). The molecule has 0 spiro atoms. The molecule has 0 fully saturated rings. The Kier molecular flexibility index (Phi) is 12.4. The predicted octanol–water partition coefficient (Wildman–Crippen LogP) is 5.79. The summed E-state index contributed by atoms with van der Waals surface area (Å²) in [5.74, 6) is -9.14. The molecule has 2 atom stereocenters. The quantitative estimate of drug-likeness (QED) is 0.0743. The number of carbonyl (C=O) groups is 2. The van der Waals surface area contributed by atoms with Crippen LogP contribution in [0, 0.1) is 46.8 Å². The highest BCUT2D eigenvalue weighted by atomic mass is 19.2. The molecule has 0 aromatic heterocycles. The summed E-state index contributed by atoms with van der Waals surface area (Å²) in [6, 6.07) is 9.82. The zero-order valence-electron chi connectivity index (χ0n) is 21.8. The van der Waals surface area contributed by atoms with Crippen LogP contribution in [-0.4, -0.2) is 22.6 Å². The molecule has 0 aliphatic heterocycles. The molecule has 210 valence electrons. The topological polar surface area (TPSA) is 102 Å². The van der Waals surface area contributed by atoms with Crippen LogP contribution >= 0.6 is 0 Å². The number of rotatable bonds is 8. The minimum Gasteiger partial charge on any atom is -0.503 e. The molecule has 2 aromatic rings. The lowest BCUT2D eigenvalue weighted by Crippen LogP contribution is -2.43. The van der Waals surface area contributed by atoms with E-state index in [-0.39, 0.29) is 17.8 Å². The molecule has 0 bridgehead atoms. The molecule has 0 aliphatic rings. The summed E-state index contributed by atoms with van der Waals surface area (Å²) in [5, 5.41) is 8.30. The van der Waals surface area contributed by atoms with Gasteiger partial charge in [0.15, 0.2) is 5.75 Å². The molecular weight excluding hydrogens is 511 g/mol. The fraction of sp³-hybridized carbons (Fsp3) is 0.407. The Hall–Kier alpha value is -3.47. The van der Waals surface area contributed by atoms with Crippen LogP contribution < -0.4 is 11.3 Å². The Labute approximate surface area is 218 Å². The number of hydrogen-bond donors (Lipinski definition) is 3.